The molecule has 1 amide bonds. The average Bonchev–Trinajstić information content (AvgIpc) is 3.00. The number of amides is 1. The van der Waals surface area contributed by atoms with Gasteiger partial charge in [-0.2, -0.15) is 0 Å². The van der Waals surface area contributed by atoms with Crippen molar-refractivity contribution < 1.29 is 23.8 Å². The highest BCUT2D eigenvalue weighted by Crippen LogP contribution is 2.29. The van der Waals surface area contributed by atoms with Crippen LogP contribution in [-0.2, 0) is 16.0 Å². The van der Waals surface area contributed by atoms with Crippen LogP contribution in [0.25, 0.3) is 0 Å². The van der Waals surface area contributed by atoms with Crippen molar-refractivity contribution in [3.8, 4) is 11.5 Å². The van der Waals surface area contributed by atoms with Crippen molar-refractivity contribution in [2.24, 2.45) is 0 Å². The van der Waals surface area contributed by atoms with Gasteiger partial charge in [0.15, 0.2) is 5.13 Å². The molecule has 0 fully saturated rings. The minimum atomic E-state index is -0.402. The molecule has 1 heterocycles. The number of anilines is 1. The molecule has 0 aliphatic carbocycles. The first kappa shape index (κ1) is 17.7. The lowest BCUT2D eigenvalue weighted by molar-refractivity contribution is -0.142. The Morgan fingerprint density at radius 1 is 1.21 bits per heavy atom. The van der Waals surface area contributed by atoms with Crippen LogP contribution in [0.15, 0.2) is 23.6 Å². The molecule has 0 spiro atoms. The van der Waals surface area contributed by atoms with E-state index in [1.54, 1.807) is 30.5 Å². The number of carbonyl (C=O) groups is 2. The van der Waals surface area contributed by atoms with Crippen LogP contribution in [0.5, 0.6) is 11.5 Å². The number of ether oxygens (including phenoxy) is 3. The molecule has 0 radical (unpaired) electrons. The molecule has 0 unspecified atom stereocenters. The van der Waals surface area contributed by atoms with Gasteiger partial charge in [0.25, 0.3) is 5.91 Å². The number of methoxy groups -OCH3 is 2. The maximum Gasteiger partial charge on any atom is 0.311 e. The largest absolute Gasteiger partial charge is 0.496 e. The zero-order valence-electron chi connectivity index (χ0n) is 13.6. The first-order valence-electron chi connectivity index (χ1n) is 7.21. The highest BCUT2D eigenvalue weighted by atomic mass is 32.1. The van der Waals surface area contributed by atoms with E-state index in [0.717, 1.165) is 0 Å². The molecule has 1 aromatic carbocycles. The van der Waals surface area contributed by atoms with Crippen molar-refractivity contribution in [3.05, 3.63) is 34.8 Å². The Hall–Kier alpha value is -2.61. The Kier molecular flexibility index (Phi) is 6.14. The van der Waals surface area contributed by atoms with Gasteiger partial charge in [-0.25, -0.2) is 4.98 Å². The van der Waals surface area contributed by atoms with Gasteiger partial charge < -0.3 is 14.2 Å². The maximum absolute atomic E-state index is 12.5. The summed E-state index contributed by atoms with van der Waals surface area (Å²) >= 11 is 1.23. The quantitative estimate of drug-likeness (QED) is 0.772. The van der Waals surface area contributed by atoms with Crippen molar-refractivity contribution in [1.82, 2.24) is 4.98 Å². The van der Waals surface area contributed by atoms with Crippen LogP contribution in [-0.4, -0.2) is 37.7 Å². The summed E-state index contributed by atoms with van der Waals surface area (Å²) in [6.07, 6.45) is 0.0676. The molecule has 2 aromatic rings. The molecule has 128 valence electrons. The molecular weight excluding hydrogens is 332 g/mol. The molecule has 24 heavy (non-hydrogen) atoms. The number of carbonyl (C=O) groups excluding carboxylic acids is 2. The van der Waals surface area contributed by atoms with E-state index in [2.05, 4.69) is 10.3 Å². The Morgan fingerprint density at radius 2 is 1.88 bits per heavy atom. The molecule has 1 N–H and O–H groups in total. The number of nitrogens with zero attached hydrogens (tertiary/aromatic N) is 1. The fourth-order valence-corrected chi connectivity index (χ4v) is 2.75. The summed E-state index contributed by atoms with van der Waals surface area (Å²) < 4.78 is 15.3. The molecule has 8 heteroatoms. The summed E-state index contributed by atoms with van der Waals surface area (Å²) in [5.41, 5.74) is 0.824. The summed E-state index contributed by atoms with van der Waals surface area (Å²) in [6, 6.07) is 5.08. The molecule has 0 saturated heterocycles. The lowest BCUT2D eigenvalue weighted by atomic mass is 10.1. The monoisotopic (exact) mass is 350 g/mol. The zero-order valence-corrected chi connectivity index (χ0v) is 14.4. The van der Waals surface area contributed by atoms with Crippen LogP contribution < -0.4 is 14.8 Å². The SMILES string of the molecule is CCOC(=O)Cc1csc(NC(=O)c2c(OC)cccc2OC)n1. The minimum Gasteiger partial charge on any atom is -0.496 e. The van der Waals surface area contributed by atoms with Crippen LogP contribution in [0, 0.1) is 0 Å². The van der Waals surface area contributed by atoms with E-state index < -0.39 is 5.91 Å². The topological polar surface area (TPSA) is 86.8 Å². The van der Waals surface area contributed by atoms with Gasteiger partial charge in [-0.15, -0.1) is 11.3 Å². The van der Waals surface area contributed by atoms with Gasteiger partial charge in [-0.3, -0.25) is 14.9 Å². The lowest BCUT2D eigenvalue weighted by Gasteiger charge is -2.11. The molecule has 2 rings (SSSR count). The Labute approximate surface area is 143 Å². The molecule has 7 nitrogen and oxygen atoms in total. The second-order valence-electron chi connectivity index (χ2n) is 4.62. The molecule has 0 bridgehead atoms. The molecule has 0 saturated carbocycles. The lowest BCUT2D eigenvalue weighted by Crippen LogP contribution is -2.14. The summed E-state index contributed by atoms with van der Waals surface area (Å²) in [5, 5.41) is 4.77. The molecular formula is C16H18N2O5S. The number of hydrogen-bond donors (Lipinski definition) is 1. The van der Waals surface area contributed by atoms with Gasteiger partial charge >= 0.3 is 5.97 Å². The third-order valence-corrected chi connectivity index (χ3v) is 3.86. The third-order valence-electron chi connectivity index (χ3n) is 3.06. The predicted molar refractivity (Wildman–Crippen MR) is 90.0 cm³/mol. The first-order chi connectivity index (χ1) is 11.6. The second kappa shape index (κ2) is 8.30. The van der Waals surface area contributed by atoms with Crippen LogP contribution >= 0.6 is 11.3 Å². The van der Waals surface area contributed by atoms with E-state index >= 15 is 0 Å². The van der Waals surface area contributed by atoms with Gasteiger partial charge in [-0.1, -0.05) is 6.07 Å². The minimum absolute atomic E-state index is 0.0676. The third kappa shape index (κ3) is 4.23. The van der Waals surface area contributed by atoms with Crippen molar-refractivity contribution in [1.29, 1.82) is 0 Å². The zero-order chi connectivity index (χ0) is 17.5. The summed E-state index contributed by atoms with van der Waals surface area (Å²) in [5.74, 6) is 0.0405. The van der Waals surface area contributed by atoms with Crippen molar-refractivity contribution in [3.63, 3.8) is 0 Å². The number of benzene rings is 1. The van der Waals surface area contributed by atoms with Crippen LogP contribution in [0.2, 0.25) is 0 Å². The van der Waals surface area contributed by atoms with E-state index in [0.29, 0.717) is 28.9 Å². The smallest absolute Gasteiger partial charge is 0.311 e. The number of aromatic nitrogens is 1. The molecule has 0 aliphatic heterocycles. The maximum atomic E-state index is 12.5. The highest BCUT2D eigenvalue weighted by Gasteiger charge is 2.19. The van der Waals surface area contributed by atoms with Crippen LogP contribution in [0.3, 0.4) is 0 Å². The van der Waals surface area contributed by atoms with Gasteiger partial charge in [-0.05, 0) is 19.1 Å². The van der Waals surface area contributed by atoms with Crippen molar-refractivity contribution in [2.45, 2.75) is 13.3 Å². The molecule has 0 atom stereocenters. The number of hydrogen-bond acceptors (Lipinski definition) is 7. The van der Waals surface area contributed by atoms with E-state index in [9.17, 15) is 9.59 Å². The summed E-state index contributed by atoms with van der Waals surface area (Å²) in [6.45, 7) is 2.06. The fourth-order valence-electron chi connectivity index (χ4n) is 2.04. The summed E-state index contributed by atoms with van der Waals surface area (Å²) in [4.78, 5) is 28.2. The van der Waals surface area contributed by atoms with Crippen molar-refractivity contribution in [2.75, 3.05) is 26.1 Å². The van der Waals surface area contributed by atoms with E-state index in [1.807, 2.05) is 0 Å². The normalized spacial score (nSPS) is 10.1. The standard InChI is InChI=1S/C16H18N2O5S/c1-4-23-13(19)8-10-9-24-16(17-10)18-15(20)14-11(21-2)6-5-7-12(14)22-3/h5-7,9H,4,8H2,1-3H3,(H,17,18,20). The Morgan fingerprint density at radius 3 is 2.46 bits per heavy atom. The van der Waals surface area contributed by atoms with Crippen LogP contribution in [0.1, 0.15) is 23.0 Å². The average molecular weight is 350 g/mol. The van der Waals surface area contributed by atoms with E-state index in [1.165, 1.54) is 25.6 Å². The molecule has 1 aromatic heterocycles. The highest BCUT2D eigenvalue weighted by molar-refractivity contribution is 7.14. The Bertz CT molecular complexity index is 707. The van der Waals surface area contributed by atoms with Gasteiger partial charge in [0, 0.05) is 5.38 Å². The van der Waals surface area contributed by atoms with Gasteiger partial charge in [0.2, 0.25) is 0 Å². The number of rotatable bonds is 7. The second-order valence-corrected chi connectivity index (χ2v) is 5.48. The molecule has 0 aliphatic rings. The van der Waals surface area contributed by atoms with Crippen LogP contribution in [0.4, 0.5) is 5.13 Å². The van der Waals surface area contributed by atoms with Gasteiger partial charge in [0.1, 0.15) is 17.1 Å². The van der Waals surface area contributed by atoms with Crippen molar-refractivity contribution >= 4 is 28.3 Å². The van der Waals surface area contributed by atoms with Gasteiger partial charge in [0.05, 0.1) is 32.9 Å². The number of nitrogens with one attached hydrogen (secondary N) is 1. The van der Waals surface area contributed by atoms with E-state index in [-0.39, 0.29) is 18.0 Å². The Balaban J connectivity index is 2.13. The predicted octanol–water partition coefficient (Wildman–Crippen LogP) is 2.52. The van der Waals surface area contributed by atoms with E-state index in [4.69, 9.17) is 14.2 Å². The summed E-state index contributed by atoms with van der Waals surface area (Å²) in [7, 11) is 2.96. The number of thiazole rings is 1. The fraction of sp³-hybridized carbons (Fsp3) is 0.312. The first-order valence-corrected chi connectivity index (χ1v) is 8.09. The number of esters is 1.